The molecular formula is C14H11ClO3. The van der Waals surface area contributed by atoms with Crippen LogP contribution in [0.2, 0.25) is 5.02 Å². The van der Waals surface area contributed by atoms with E-state index in [1.54, 1.807) is 24.3 Å². The van der Waals surface area contributed by atoms with Crippen molar-refractivity contribution in [2.24, 2.45) is 0 Å². The molecule has 2 rings (SSSR count). The van der Waals surface area contributed by atoms with E-state index in [0.29, 0.717) is 16.1 Å². The summed E-state index contributed by atoms with van der Waals surface area (Å²) in [5.41, 5.74) is 0.972. The van der Waals surface area contributed by atoms with Crippen LogP contribution in [0, 0.1) is 0 Å². The zero-order valence-electron chi connectivity index (χ0n) is 9.43. The lowest BCUT2D eigenvalue weighted by Gasteiger charge is -2.05. The smallest absolute Gasteiger partial charge is 0.168 e. The molecule has 0 aliphatic heterocycles. The molecule has 3 nitrogen and oxygen atoms in total. The van der Waals surface area contributed by atoms with Gasteiger partial charge in [-0.05, 0) is 29.8 Å². The number of phenols is 2. The van der Waals surface area contributed by atoms with Crippen LogP contribution >= 0.6 is 11.6 Å². The molecular weight excluding hydrogens is 252 g/mol. The second-order valence-electron chi connectivity index (χ2n) is 3.94. The van der Waals surface area contributed by atoms with Gasteiger partial charge in [-0.25, -0.2) is 0 Å². The van der Waals surface area contributed by atoms with E-state index in [1.807, 2.05) is 0 Å². The predicted octanol–water partition coefficient (Wildman–Crippen LogP) is 3.18. The summed E-state index contributed by atoms with van der Waals surface area (Å²) in [6.07, 6.45) is 0.0751. The third-order valence-corrected chi connectivity index (χ3v) is 2.83. The van der Waals surface area contributed by atoms with Crippen LogP contribution in [0.5, 0.6) is 11.5 Å². The van der Waals surface area contributed by atoms with E-state index >= 15 is 0 Å². The zero-order chi connectivity index (χ0) is 13.1. The summed E-state index contributed by atoms with van der Waals surface area (Å²) in [5.74, 6) is -0.306. The maximum absolute atomic E-state index is 12.0. The quantitative estimate of drug-likeness (QED) is 0.836. The largest absolute Gasteiger partial charge is 0.508 e. The van der Waals surface area contributed by atoms with Crippen molar-refractivity contribution in [3.63, 3.8) is 0 Å². The topological polar surface area (TPSA) is 57.5 Å². The number of phenolic OH excluding ortho intramolecular Hbond substituents is 2. The van der Waals surface area contributed by atoms with Crippen LogP contribution in [-0.2, 0) is 6.42 Å². The Labute approximate surface area is 109 Å². The second kappa shape index (κ2) is 5.10. The number of halogens is 1. The fraction of sp³-hybridized carbons (Fsp3) is 0.0714. The van der Waals surface area contributed by atoms with Crippen molar-refractivity contribution in [1.29, 1.82) is 0 Å². The summed E-state index contributed by atoms with van der Waals surface area (Å²) in [7, 11) is 0. The van der Waals surface area contributed by atoms with E-state index in [9.17, 15) is 15.0 Å². The first-order valence-electron chi connectivity index (χ1n) is 5.36. The van der Waals surface area contributed by atoms with E-state index < -0.39 is 0 Å². The Kier molecular flexibility index (Phi) is 3.53. The van der Waals surface area contributed by atoms with Gasteiger partial charge in [0.2, 0.25) is 0 Å². The van der Waals surface area contributed by atoms with Crippen molar-refractivity contribution in [3.05, 3.63) is 58.6 Å². The van der Waals surface area contributed by atoms with E-state index in [0.717, 1.165) is 0 Å². The molecule has 0 saturated heterocycles. The van der Waals surface area contributed by atoms with Crippen LogP contribution in [0.15, 0.2) is 42.5 Å². The number of aromatic hydroxyl groups is 2. The maximum atomic E-state index is 12.0. The minimum absolute atomic E-state index is 0.0723. The minimum Gasteiger partial charge on any atom is -0.508 e. The summed E-state index contributed by atoms with van der Waals surface area (Å²) in [6.45, 7) is 0. The van der Waals surface area contributed by atoms with Gasteiger partial charge in [0.15, 0.2) is 5.78 Å². The summed E-state index contributed by atoms with van der Waals surface area (Å²) >= 11 is 5.93. The van der Waals surface area contributed by atoms with Crippen molar-refractivity contribution in [3.8, 4) is 11.5 Å². The molecule has 0 unspecified atom stereocenters. The van der Waals surface area contributed by atoms with Crippen LogP contribution in [-0.4, -0.2) is 16.0 Å². The van der Waals surface area contributed by atoms with Gasteiger partial charge in [0, 0.05) is 18.1 Å². The zero-order valence-corrected chi connectivity index (χ0v) is 10.2. The van der Waals surface area contributed by atoms with Gasteiger partial charge < -0.3 is 10.2 Å². The molecule has 0 atom stereocenters. The Balaban J connectivity index is 2.24. The molecule has 0 radical (unpaired) electrons. The van der Waals surface area contributed by atoms with Gasteiger partial charge >= 0.3 is 0 Å². The normalized spacial score (nSPS) is 10.3. The number of ketones is 1. The summed E-state index contributed by atoms with van der Waals surface area (Å²) in [6, 6.07) is 10.9. The molecule has 0 spiro atoms. The molecule has 4 heteroatoms. The molecule has 0 amide bonds. The number of hydrogen-bond donors (Lipinski definition) is 2. The average Bonchev–Trinajstić information content (AvgIpc) is 2.27. The summed E-state index contributed by atoms with van der Waals surface area (Å²) < 4.78 is 0. The predicted molar refractivity (Wildman–Crippen MR) is 69.3 cm³/mol. The highest BCUT2D eigenvalue weighted by molar-refractivity contribution is 6.34. The van der Waals surface area contributed by atoms with Gasteiger partial charge in [-0.2, -0.15) is 0 Å². The van der Waals surface area contributed by atoms with E-state index in [-0.39, 0.29) is 23.7 Å². The fourth-order valence-electron chi connectivity index (χ4n) is 1.73. The van der Waals surface area contributed by atoms with Crippen LogP contribution < -0.4 is 0 Å². The molecule has 2 aromatic rings. The van der Waals surface area contributed by atoms with Crippen molar-refractivity contribution in [1.82, 2.24) is 0 Å². The van der Waals surface area contributed by atoms with Crippen molar-refractivity contribution in [2.75, 3.05) is 0 Å². The Morgan fingerprint density at radius 2 is 1.67 bits per heavy atom. The number of carbonyl (C=O) groups excluding carboxylic acids is 1. The molecule has 0 saturated carbocycles. The number of benzene rings is 2. The Hall–Kier alpha value is -2.00. The molecule has 2 N–H and O–H groups in total. The van der Waals surface area contributed by atoms with Gasteiger partial charge in [-0.3, -0.25) is 4.79 Å². The lowest BCUT2D eigenvalue weighted by atomic mass is 10.0. The minimum atomic E-state index is -0.161. The molecule has 18 heavy (non-hydrogen) atoms. The molecule has 0 aliphatic rings. The highest BCUT2D eigenvalue weighted by Crippen LogP contribution is 2.23. The van der Waals surface area contributed by atoms with E-state index in [4.69, 9.17) is 11.6 Å². The van der Waals surface area contributed by atoms with Crippen LogP contribution in [0.25, 0.3) is 0 Å². The Bertz CT molecular complexity index is 573. The molecule has 0 heterocycles. The average molecular weight is 263 g/mol. The second-order valence-corrected chi connectivity index (χ2v) is 4.34. The lowest BCUT2D eigenvalue weighted by Crippen LogP contribution is -2.04. The van der Waals surface area contributed by atoms with Crippen LogP contribution in [0.4, 0.5) is 0 Å². The van der Waals surface area contributed by atoms with Crippen molar-refractivity contribution in [2.45, 2.75) is 6.42 Å². The fourth-order valence-corrected chi connectivity index (χ4v) is 1.97. The Morgan fingerprint density at radius 3 is 2.28 bits per heavy atom. The van der Waals surface area contributed by atoms with Crippen LogP contribution in [0.3, 0.4) is 0 Å². The standard InChI is InChI=1S/C14H11ClO3/c15-13-4-2-1-3-12(13)14(18)7-9-5-10(16)8-11(17)6-9/h1-6,8,16-17H,7H2. The maximum Gasteiger partial charge on any atom is 0.168 e. The molecule has 92 valence electrons. The monoisotopic (exact) mass is 262 g/mol. The number of rotatable bonds is 3. The number of hydrogen-bond acceptors (Lipinski definition) is 3. The van der Waals surface area contributed by atoms with E-state index in [1.165, 1.54) is 18.2 Å². The molecule has 2 aromatic carbocycles. The summed E-state index contributed by atoms with van der Waals surface area (Å²) in [5, 5.41) is 19.1. The number of carbonyl (C=O) groups is 1. The Morgan fingerprint density at radius 1 is 1.06 bits per heavy atom. The lowest BCUT2D eigenvalue weighted by molar-refractivity contribution is 0.0993. The van der Waals surface area contributed by atoms with Gasteiger partial charge in [0.25, 0.3) is 0 Å². The molecule has 0 aromatic heterocycles. The van der Waals surface area contributed by atoms with Gasteiger partial charge in [0.1, 0.15) is 11.5 Å². The molecule has 0 bridgehead atoms. The SMILES string of the molecule is O=C(Cc1cc(O)cc(O)c1)c1ccccc1Cl. The first-order valence-corrected chi connectivity index (χ1v) is 5.73. The van der Waals surface area contributed by atoms with Crippen molar-refractivity contribution < 1.29 is 15.0 Å². The highest BCUT2D eigenvalue weighted by Gasteiger charge is 2.11. The molecule has 0 aliphatic carbocycles. The van der Waals surface area contributed by atoms with Gasteiger partial charge in [0.05, 0.1) is 5.02 Å². The van der Waals surface area contributed by atoms with Gasteiger partial charge in [-0.1, -0.05) is 23.7 Å². The van der Waals surface area contributed by atoms with Gasteiger partial charge in [-0.15, -0.1) is 0 Å². The van der Waals surface area contributed by atoms with E-state index in [2.05, 4.69) is 0 Å². The molecule has 0 fully saturated rings. The first-order chi connectivity index (χ1) is 8.56. The van der Waals surface area contributed by atoms with Crippen LogP contribution in [0.1, 0.15) is 15.9 Å². The number of Topliss-reactive ketones (excluding diaryl/α,β-unsaturated/α-hetero) is 1. The summed E-state index contributed by atoms with van der Waals surface area (Å²) in [4.78, 5) is 12.0. The highest BCUT2D eigenvalue weighted by atomic mass is 35.5. The van der Waals surface area contributed by atoms with Crippen molar-refractivity contribution >= 4 is 17.4 Å². The first kappa shape index (κ1) is 12.5. The third kappa shape index (κ3) is 2.81. The third-order valence-electron chi connectivity index (χ3n) is 2.50.